The number of benzene rings is 2. The maximum absolute atomic E-state index is 13.0. The van der Waals surface area contributed by atoms with Crippen LogP contribution >= 0.6 is 23.2 Å². The summed E-state index contributed by atoms with van der Waals surface area (Å²) in [6, 6.07) is 11.0. The average Bonchev–Trinajstić information content (AvgIpc) is 3.19. The predicted molar refractivity (Wildman–Crippen MR) is 117 cm³/mol. The highest BCUT2D eigenvalue weighted by molar-refractivity contribution is 7.95. The van der Waals surface area contributed by atoms with E-state index in [2.05, 4.69) is 10.3 Å². The SMILES string of the molecule is COc1cccc([S+](=O)([O-])N2CCn3cc(C(=O)Nc4ccc(Cl)cc4Cl)nc3C2)c1. The molecule has 1 amide bonds. The summed E-state index contributed by atoms with van der Waals surface area (Å²) >= 11 is 12.0. The lowest BCUT2D eigenvalue weighted by molar-refractivity contribution is 0.102. The van der Waals surface area contributed by atoms with E-state index in [0.717, 1.165) is 0 Å². The number of methoxy groups -OCH3 is 1. The molecule has 0 fully saturated rings. The van der Waals surface area contributed by atoms with Crippen molar-refractivity contribution >= 4 is 45.2 Å². The molecular formula is C20H18Cl2N4O4S. The molecule has 31 heavy (non-hydrogen) atoms. The van der Waals surface area contributed by atoms with Gasteiger partial charge in [-0.15, -0.1) is 4.31 Å². The van der Waals surface area contributed by atoms with Gasteiger partial charge in [0, 0.05) is 23.8 Å². The van der Waals surface area contributed by atoms with Crippen LogP contribution in [0.1, 0.15) is 16.3 Å². The first-order valence-corrected chi connectivity index (χ1v) is 11.4. The Morgan fingerprint density at radius 3 is 2.77 bits per heavy atom. The van der Waals surface area contributed by atoms with Crippen LogP contribution in [0.3, 0.4) is 0 Å². The second kappa shape index (κ2) is 8.60. The number of anilines is 1. The molecule has 0 radical (unpaired) electrons. The molecule has 0 bridgehead atoms. The van der Waals surface area contributed by atoms with Crippen LogP contribution < -0.4 is 10.1 Å². The van der Waals surface area contributed by atoms with Gasteiger partial charge in [-0.2, -0.15) is 0 Å². The third-order valence-electron chi connectivity index (χ3n) is 4.86. The fraction of sp³-hybridized carbons (Fsp3) is 0.200. The van der Waals surface area contributed by atoms with Crippen LogP contribution in [0.15, 0.2) is 53.6 Å². The lowest BCUT2D eigenvalue weighted by atomic mass is 10.3. The number of halogens is 2. The van der Waals surface area contributed by atoms with Gasteiger partial charge < -0.3 is 19.2 Å². The van der Waals surface area contributed by atoms with Gasteiger partial charge in [-0.3, -0.25) is 4.79 Å². The molecule has 1 N–H and O–H groups in total. The quantitative estimate of drug-likeness (QED) is 0.558. The second-order valence-corrected chi connectivity index (χ2v) is 9.61. The van der Waals surface area contributed by atoms with Crippen molar-refractivity contribution in [2.75, 3.05) is 19.0 Å². The van der Waals surface area contributed by atoms with Crippen LogP contribution in [0, 0.1) is 0 Å². The number of ether oxygens (including phenoxy) is 1. The molecule has 2 aromatic carbocycles. The minimum absolute atomic E-state index is 0.0501. The smallest absolute Gasteiger partial charge is 0.275 e. The van der Waals surface area contributed by atoms with Gasteiger partial charge in [0.2, 0.25) is 0 Å². The summed E-state index contributed by atoms with van der Waals surface area (Å²) in [5.41, 5.74) is 0.575. The number of hydrogen-bond acceptors (Lipinski definition) is 5. The van der Waals surface area contributed by atoms with Crippen molar-refractivity contribution in [3.63, 3.8) is 0 Å². The minimum atomic E-state index is -3.74. The van der Waals surface area contributed by atoms with E-state index in [1.807, 2.05) is 0 Å². The van der Waals surface area contributed by atoms with Gasteiger partial charge in [0.05, 0.1) is 24.4 Å². The summed E-state index contributed by atoms with van der Waals surface area (Å²) in [6.07, 6.45) is 1.60. The molecule has 3 aromatic rings. The fourth-order valence-corrected chi connectivity index (χ4v) is 5.11. The second-order valence-electron chi connectivity index (χ2n) is 6.83. The Morgan fingerprint density at radius 2 is 2.03 bits per heavy atom. The summed E-state index contributed by atoms with van der Waals surface area (Å²) < 4.78 is 34.3. The molecule has 0 saturated carbocycles. The number of amides is 1. The van der Waals surface area contributed by atoms with Crippen LogP contribution in [0.5, 0.6) is 5.75 Å². The fourth-order valence-electron chi connectivity index (χ4n) is 3.23. The molecular weight excluding hydrogens is 463 g/mol. The van der Waals surface area contributed by atoms with E-state index in [9.17, 15) is 13.6 Å². The van der Waals surface area contributed by atoms with Gasteiger partial charge >= 0.3 is 0 Å². The number of imidazole rings is 1. The van der Waals surface area contributed by atoms with Crippen molar-refractivity contribution in [2.45, 2.75) is 18.0 Å². The highest BCUT2D eigenvalue weighted by Crippen LogP contribution is 2.29. The normalized spacial score (nSPS) is 15.7. The number of fused-ring (bicyclic) bond motifs is 1. The molecule has 162 valence electrons. The third kappa shape index (κ3) is 4.46. The van der Waals surface area contributed by atoms with E-state index in [1.165, 1.54) is 29.6 Å². The lowest BCUT2D eigenvalue weighted by Gasteiger charge is -2.30. The molecule has 2 heterocycles. The Labute approximate surface area is 190 Å². The number of carbonyl (C=O) groups excluding carboxylic acids is 1. The number of hydrogen-bond donors (Lipinski definition) is 1. The number of nitrogens with one attached hydrogen (secondary N) is 1. The molecule has 1 aromatic heterocycles. The van der Waals surface area contributed by atoms with Crippen molar-refractivity contribution in [1.29, 1.82) is 0 Å². The molecule has 11 heteroatoms. The highest BCUT2D eigenvalue weighted by Gasteiger charge is 2.35. The van der Waals surface area contributed by atoms with Gasteiger partial charge in [-0.05, 0) is 30.3 Å². The van der Waals surface area contributed by atoms with Crippen molar-refractivity contribution < 1.29 is 18.3 Å². The zero-order valence-electron chi connectivity index (χ0n) is 16.4. The molecule has 4 rings (SSSR count). The Kier molecular flexibility index (Phi) is 6.05. The van der Waals surface area contributed by atoms with Crippen molar-refractivity contribution in [1.82, 2.24) is 13.9 Å². The van der Waals surface area contributed by atoms with Crippen LogP contribution in [0.4, 0.5) is 5.69 Å². The number of rotatable bonds is 5. The van der Waals surface area contributed by atoms with E-state index in [4.69, 9.17) is 27.9 Å². The van der Waals surface area contributed by atoms with Crippen LogP contribution in [0.2, 0.25) is 10.0 Å². The van der Waals surface area contributed by atoms with E-state index in [-0.39, 0.29) is 23.7 Å². The van der Waals surface area contributed by atoms with E-state index in [0.29, 0.717) is 33.9 Å². The van der Waals surface area contributed by atoms with Crippen molar-refractivity contribution in [2.24, 2.45) is 0 Å². The number of sulfonamides is 1. The topological polar surface area (TPSA) is 99.5 Å². The van der Waals surface area contributed by atoms with Crippen LogP contribution in [0.25, 0.3) is 0 Å². The van der Waals surface area contributed by atoms with Gasteiger partial charge in [0.15, 0.2) is 15.3 Å². The maximum Gasteiger partial charge on any atom is 0.275 e. The largest absolute Gasteiger partial charge is 0.593 e. The Morgan fingerprint density at radius 1 is 1.23 bits per heavy atom. The predicted octanol–water partition coefficient (Wildman–Crippen LogP) is 3.87. The van der Waals surface area contributed by atoms with Crippen molar-refractivity contribution in [3.8, 4) is 5.75 Å². The first kappa shape index (κ1) is 21.8. The third-order valence-corrected chi connectivity index (χ3v) is 7.25. The first-order chi connectivity index (χ1) is 14.8. The zero-order chi connectivity index (χ0) is 22.2. The number of aromatic nitrogens is 2. The molecule has 1 aliphatic rings. The summed E-state index contributed by atoms with van der Waals surface area (Å²) in [6.45, 7) is 0.683. The van der Waals surface area contributed by atoms with Gasteiger partial charge in [-0.1, -0.05) is 33.5 Å². The molecule has 8 nitrogen and oxygen atoms in total. The Hall–Kier alpha value is -2.43. The number of nitrogens with zero attached hydrogens (tertiary/aromatic N) is 3. The van der Waals surface area contributed by atoms with Crippen LogP contribution in [-0.4, -0.2) is 38.0 Å². The van der Waals surface area contributed by atoms with E-state index in [1.54, 1.807) is 35.0 Å². The molecule has 0 spiro atoms. The maximum atomic E-state index is 13.0. The molecule has 1 atom stereocenters. The summed E-state index contributed by atoms with van der Waals surface area (Å²) in [5, 5.41) is 3.45. The standard InChI is InChI=1S/C20H18Cl2N4O4S/c1-30-14-3-2-4-15(10-14)31(28,29)26-8-7-25-11-18(23-19(25)12-26)20(27)24-17-6-5-13(21)9-16(17)22/h2-6,9-11H,7-8,12H2,1H3,(H-,24,27,28,29). The highest BCUT2D eigenvalue weighted by atomic mass is 35.5. The monoisotopic (exact) mass is 480 g/mol. The van der Waals surface area contributed by atoms with Gasteiger partial charge in [0.1, 0.15) is 23.8 Å². The lowest BCUT2D eigenvalue weighted by Crippen LogP contribution is -2.41. The molecule has 1 unspecified atom stereocenters. The van der Waals surface area contributed by atoms with Gasteiger partial charge in [0.25, 0.3) is 5.91 Å². The molecule has 0 aliphatic carbocycles. The summed E-state index contributed by atoms with van der Waals surface area (Å²) in [5.74, 6) is 0.484. The Balaban J connectivity index is 1.52. The summed E-state index contributed by atoms with van der Waals surface area (Å²) in [7, 11) is -2.26. The van der Waals surface area contributed by atoms with Crippen molar-refractivity contribution in [3.05, 3.63) is 70.2 Å². The minimum Gasteiger partial charge on any atom is -0.593 e. The first-order valence-electron chi connectivity index (χ1n) is 9.24. The molecule has 0 saturated heterocycles. The molecule has 1 aliphatic heterocycles. The number of carbonyl (C=O) groups is 1. The average molecular weight is 481 g/mol. The summed E-state index contributed by atoms with van der Waals surface area (Å²) in [4.78, 5) is 17.1. The van der Waals surface area contributed by atoms with Gasteiger partial charge in [-0.25, -0.2) is 4.98 Å². The van der Waals surface area contributed by atoms with E-state index < -0.39 is 16.3 Å². The Bertz CT molecular complexity index is 1200. The van der Waals surface area contributed by atoms with Crippen LogP contribution in [-0.2, 0) is 27.7 Å². The zero-order valence-corrected chi connectivity index (χ0v) is 18.7. The van der Waals surface area contributed by atoms with E-state index >= 15 is 0 Å².